The molecule has 0 saturated heterocycles. The Labute approximate surface area is 244 Å². The van der Waals surface area contributed by atoms with E-state index in [2.05, 4.69) is 35.1 Å². The van der Waals surface area contributed by atoms with Gasteiger partial charge in [0.2, 0.25) is 6.40 Å². The van der Waals surface area contributed by atoms with Gasteiger partial charge in [0.05, 0.1) is 58.2 Å². The first-order valence-corrected chi connectivity index (χ1v) is 18.5. The molecule has 0 fully saturated rings. The lowest BCUT2D eigenvalue weighted by Crippen LogP contribution is -2.24. The molecule has 0 aromatic heterocycles. The summed E-state index contributed by atoms with van der Waals surface area (Å²) >= 11 is 8.92. The van der Waals surface area contributed by atoms with Gasteiger partial charge in [0.25, 0.3) is 0 Å². The molecule has 0 heterocycles. The topological polar surface area (TPSA) is 177 Å². The van der Waals surface area contributed by atoms with Crippen LogP contribution in [0.4, 0.5) is 9.59 Å². The number of hydrogen-bond donors (Lipinski definition) is 4. The van der Waals surface area contributed by atoms with Gasteiger partial charge in [-0.1, -0.05) is 0 Å². The monoisotopic (exact) mass is 660 g/mol. The first-order chi connectivity index (χ1) is 18.1. The van der Waals surface area contributed by atoms with Gasteiger partial charge in [0, 0.05) is 15.3 Å². The maximum Gasteiger partial charge on any atom is 0.408 e. The zero-order chi connectivity index (χ0) is 27.2. The van der Waals surface area contributed by atoms with E-state index in [1.54, 1.807) is 0 Å². The van der Waals surface area contributed by atoms with Crippen LogP contribution in [0.1, 0.15) is 0 Å². The molecule has 13 nitrogen and oxygen atoms in total. The van der Waals surface area contributed by atoms with E-state index in [9.17, 15) is 13.8 Å². The normalized spacial score (nSPS) is 12.1. The quantitative estimate of drug-likeness (QED) is 0.0280. The molecule has 0 bridgehead atoms. The van der Waals surface area contributed by atoms with Crippen LogP contribution in [0.15, 0.2) is 9.98 Å². The number of hydrogen-bond acceptors (Lipinski definition) is 17. The first kappa shape index (κ1) is 36.8. The van der Waals surface area contributed by atoms with Crippen LogP contribution in [0.25, 0.3) is 0 Å². The average molecular weight is 661 g/mol. The van der Waals surface area contributed by atoms with Gasteiger partial charge in [-0.05, 0) is 0 Å². The van der Waals surface area contributed by atoms with Gasteiger partial charge in [0.15, 0.2) is 0 Å². The lowest BCUT2D eigenvalue weighted by molar-refractivity contribution is -0.221. The standard InChI is InChI=1S/C17H32N4O9S7/c22-1-3-27-16(24)20-8-33-13-32-7-19-10-37(26)15-36-14-35-11-28-17(25)21-9-34-12-31-6-18-5-30-29-4-2-23/h5,10,22-23H,1-4,6-9,11-15H2,(H,20,24)(H,21,25)/b18-5-,19-10+. The van der Waals surface area contributed by atoms with Gasteiger partial charge in [-0.3, -0.25) is 9.20 Å². The third-order valence-electron chi connectivity index (χ3n) is 2.82. The first-order valence-electron chi connectivity index (χ1n) is 10.2. The lowest BCUT2D eigenvalue weighted by atomic mass is 10.8. The summed E-state index contributed by atoms with van der Waals surface area (Å²) in [5, 5.41) is 24.6. The highest BCUT2D eigenvalue weighted by Gasteiger charge is 2.02. The molecule has 0 saturated carbocycles. The Morgan fingerprint density at radius 3 is 2.11 bits per heavy atom. The summed E-state index contributed by atoms with van der Waals surface area (Å²) in [6.45, 7) is -0.272. The molecular formula is C17H32N4O9S7. The number of thioether (sulfide) groups is 6. The molecule has 216 valence electrons. The summed E-state index contributed by atoms with van der Waals surface area (Å²) in [5.41, 5.74) is 1.42. The fraction of sp³-hybridized carbons (Fsp3) is 0.765. The fourth-order valence-electron chi connectivity index (χ4n) is 1.47. The number of amides is 2. The molecule has 37 heavy (non-hydrogen) atoms. The summed E-state index contributed by atoms with van der Waals surface area (Å²) in [5.74, 6) is 1.96. The molecule has 0 aliphatic carbocycles. The van der Waals surface area contributed by atoms with Crippen molar-refractivity contribution >= 4 is 106 Å². The minimum absolute atomic E-state index is 0.0284. The second-order valence-corrected chi connectivity index (χ2v) is 14.1. The number of aliphatic hydroxyl groups excluding tert-OH is 2. The van der Waals surface area contributed by atoms with Crippen LogP contribution in [0.3, 0.4) is 0 Å². The Morgan fingerprint density at radius 1 is 0.811 bits per heavy atom. The van der Waals surface area contributed by atoms with Crippen molar-refractivity contribution in [3.05, 3.63) is 0 Å². The minimum Gasteiger partial charge on any atom is -0.447 e. The van der Waals surface area contributed by atoms with Crippen molar-refractivity contribution in [2.45, 2.75) is 0 Å². The largest absolute Gasteiger partial charge is 0.447 e. The summed E-state index contributed by atoms with van der Waals surface area (Å²) in [7, 11) is -1.18. The van der Waals surface area contributed by atoms with Crippen molar-refractivity contribution in [2.75, 3.05) is 76.2 Å². The summed E-state index contributed by atoms with van der Waals surface area (Å²) in [6.07, 6.45) is 0.105. The van der Waals surface area contributed by atoms with Gasteiger partial charge in [0.1, 0.15) is 19.2 Å². The second kappa shape index (κ2) is 30.4. The number of nitrogens with zero attached hydrogens (tertiary/aromatic N) is 2. The van der Waals surface area contributed by atoms with Crippen molar-refractivity contribution in [3.63, 3.8) is 0 Å². The summed E-state index contributed by atoms with van der Waals surface area (Å²) < 4.78 is 21.6. The van der Waals surface area contributed by atoms with E-state index < -0.39 is 23.0 Å². The fourth-order valence-corrected chi connectivity index (χ4v) is 7.51. The Kier molecular flexibility index (Phi) is 30.2. The van der Waals surface area contributed by atoms with Crippen LogP contribution in [0.5, 0.6) is 0 Å². The van der Waals surface area contributed by atoms with Crippen molar-refractivity contribution in [1.29, 1.82) is 0 Å². The molecule has 0 aromatic carbocycles. The van der Waals surface area contributed by atoms with Gasteiger partial charge >= 0.3 is 12.2 Å². The number of rotatable bonds is 25. The van der Waals surface area contributed by atoms with Gasteiger partial charge in [-0.15, -0.1) is 70.6 Å². The molecule has 0 aliphatic rings. The molecule has 0 radical (unpaired) electrons. The Bertz CT molecular complexity index is 654. The van der Waals surface area contributed by atoms with Crippen LogP contribution >= 0.6 is 70.6 Å². The minimum atomic E-state index is -1.18. The number of aliphatic imine (C=N–C) groups is 2. The van der Waals surface area contributed by atoms with E-state index in [0.717, 1.165) is 5.08 Å². The van der Waals surface area contributed by atoms with Crippen molar-refractivity contribution in [2.24, 2.45) is 9.98 Å². The molecule has 0 aliphatic heterocycles. The van der Waals surface area contributed by atoms with Crippen LogP contribution in [0, 0.1) is 0 Å². The highest BCUT2D eigenvalue weighted by Crippen LogP contribution is 2.14. The molecule has 2 amide bonds. The third kappa shape index (κ3) is 30.2. The van der Waals surface area contributed by atoms with E-state index in [4.69, 9.17) is 14.9 Å². The van der Waals surface area contributed by atoms with E-state index in [1.807, 2.05) is 0 Å². The van der Waals surface area contributed by atoms with Gasteiger partial charge in [-0.25, -0.2) is 14.6 Å². The lowest BCUT2D eigenvalue weighted by Gasteiger charge is -2.06. The van der Waals surface area contributed by atoms with Gasteiger partial charge in [-0.2, -0.15) is 4.89 Å². The number of ether oxygens (including phenoxy) is 2. The zero-order valence-corrected chi connectivity index (χ0v) is 25.6. The van der Waals surface area contributed by atoms with Gasteiger partial charge < -0.3 is 35.2 Å². The molecular weight excluding hydrogens is 629 g/mol. The molecule has 0 rings (SSSR count). The number of alkyl carbamates (subject to hydrolysis) is 2. The average Bonchev–Trinajstić information content (AvgIpc) is 2.89. The molecule has 1 unspecified atom stereocenters. The number of nitrogens with one attached hydrogen (secondary N) is 2. The van der Waals surface area contributed by atoms with E-state index in [-0.39, 0.29) is 32.4 Å². The zero-order valence-electron chi connectivity index (χ0n) is 19.9. The Morgan fingerprint density at radius 2 is 1.43 bits per heavy atom. The summed E-state index contributed by atoms with van der Waals surface area (Å²) in [6, 6.07) is 0. The van der Waals surface area contributed by atoms with Crippen molar-refractivity contribution < 1.29 is 43.3 Å². The van der Waals surface area contributed by atoms with Crippen molar-refractivity contribution in [1.82, 2.24) is 10.6 Å². The molecule has 0 spiro atoms. The van der Waals surface area contributed by atoms with E-state index in [0.29, 0.717) is 38.8 Å². The highest BCUT2D eigenvalue weighted by molar-refractivity contribution is 8.22. The van der Waals surface area contributed by atoms with Crippen LogP contribution in [-0.4, -0.2) is 115 Å². The molecule has 4 N–H and O–H groups in total. The summed E-state index contributed by atoms with van der Waals surface area (Å²) in [4.78, 5) is 39.9. The second-order valence-electron chi connectivity index (χ2n) is 5.60. The number of carbonyl (C=O) groups is 2. The third-order valence-corrected chi connectivity index (χ3v) is 10.4. The molecule has 1 atom stereocenters. The SMILES string of the molecule is O=C(NCSCSC/N=C/S(=O)CSCSCOC(=O)NCSCSC/N=C\OOCCO)OCCO. The molecule has 0 aromatic rings. The smallest absolute Gasteiger partial charge is 0.408 e. The molecule has 20 heteroatoms. The maximum atomic E-state index is 11.9. The van der Waals surface area contributed by atoms with E-state index in [1.165, 1.54) is 82.5 Å². The number of carbonyl (C=O) groups excluding carboxylic acids is 2. The predicted molar refractivity (Wildman–Crippen MR) is 160 cm³/mol. The number of aliphatic hydroxyl groups is 2. The highest BCUT2D eigenvalue weighted by atomic mass is 32.2. The van der Waals surface area contributed by atoms with Crippen LogP contribution in [0.2, 0.25) is 0 Å². The van der Waals surface area contributed by atoms with Crippen LogP contribution < -0.4 is 10.6 Å². The Hall–Kier alpha value is -0.190. The maximum absolute atomic E-state index is 11.9. The van der Waals surface area contributed by atoms with Crippen molar-refractivity contribution in [3.8, 4) is 0 Å². The predicted octanol–water partition coefficient (Wildman–Crippen LogP) is 2.19. The van der Waals surface area contributed by atoms with Crippen LogP contribution in [-0.2, 0) is 30.0 Å². The van der Waals surface area contributed by atoms with E-state index >= 15 is 0 Å². The Balaban J connectivity index is 3.42.